The highest BCUT2D eigenvalue weighted by atomic mass is 16.4. The maximum atomic E-state index is 11.4. The molecule has 1 amide bonds. The van der Waals surface area contributed by atoms with Crippen molar-refractivity contribution >= 4 is 33.7 Å². The Hall–Kier alpha value is -3.65. The number of aryl methyl sites for hydroxylation is 1. The van der Waals surface area contributed by atoms with Crippen molar-refractivity contribution in [3.05, 3.63) is 65.4 Å². The molecule has 8 heteroatoms. The lowest BCUT2D eigenvalue weighted by molar-refractivity contribution is 0.194. The van der Waals surface area contributed by atoms with Gasteiger partial charge in [-0.3, -0.25) is 4.68 Å². The third kappa shape index (κ3) is 4.02. The molecule has 0 radical (unpaired) electrons. The highest BCUT2D eigenvalue weighted by Gasteiger charge is 2.24. The number of hydrogen-bond acceptors (Lipinski definition) is 5. The summed E-state index contributed by atoms with van der Waals surface area (Å²) < 4.78 is 1.84. The number of hydrogen-bond donors (Lipinski definition) is 4. The lowest BCUT2D eigenvalue weighted by Gasteiger charge is -2.16. The van der Waals surface area contributed by atoms with E-state index in [1.165, 1.54) is 0 Å². The standard InChI is InChI=1S/C23H25N5O3/c1-2-3-12-28-20(21(29)15-10-8-14(9-11-15)13-25-23(30)31)18-16-6-4-5-7-17(16)26-22(24)19(18)27-28/h4-11,21,25,29H,2-3,12-13H2,1H3,(H2,24,26)(H,30,31). The van der Waals surface area contributed by atoms with Crippen LogP contribution in [0.3, 0.4) is 0 Å². The summed E-state index contributed by atoms with van der Waals surface area (Å²) >= 11 is 0. The van der Waals surface area contributed by atoms with Crippen molar-refractivity contribution in [2.75, 3.05) is 5.73 Å². The molecule has 4 rings (SSSR count). The second-order valence-corrected chi connectivity index (χ2v) is 7.50. The molecule has 5 N–H and O–H groups in total. The Balaban J connectivity index is 1.83. The summed E-state index contributed by atoms with van der Waals surface area (Å²) in [5.74, 6) is 0.340. The van der Waals surface area contributed by atoms with Gasteiger partial charge in [0.2, 0.25) is 0 Å². The number of amides is 1. The Morgan fingerprint density at radius 2 is 1.94 bits per heavy atom. The highest BCUT2D eigenvalue weighted by Crippen LogP contribution is 2.36. The average molecular weight is 419 g/mol. The zero-order valence-corrected chi connectivity index (χ0v) is 17.2. The van der Waals surface area contributed by atoms with Crippen molar-refractivity contribution in [1.29, 1.82) is 0 Å². The Morgan fingerprint density at radius 3 is 2.65 bits per heavy atom. The SMILES string of the molecule is CCCCn1nc2c(N)nc3ccccc3c2c1C(O)c1ccc(CNC(=O)O)cc1. The Labute approximate surface area is 179 Å². The molecule has 2 aromatic heterocycles. The predicted octanol–water partition coefficient (Wildman–Crippen LogP) is 3.82. The minimum Gasteiger partial charge on any atom is -0.465 e. The number of pyridine rings is 1. The smallest absolute Gasteiger partial charge is 0.404 e. The number of rotatable bonds is 7. The van der Waals surface area contributed by atoms with E-state index in [1.807, 2.05) is 28.9 Å². The van der Waals surface area contributed by atoms with Crippen LogP contribution < -0.4 is 11.1 Å². The molecule has 4 aromatic rings. The summed E-state index contributed by atoms with van der Waals surface area (Å²) in [6.07, 6.45) is -0.0911. The van der Waals surface area contributed by atoms with Crippen molar-refractivity contribution in [3.8, 4) is 0 Å². The number of benzene rings is 2. The van der Waals surface area contributed by atoms with Gasteiger partial charge in [-0.2, -0.15) is 5.10 Å². The minimum atomic E-state index is -1.08. The quantitative estimate of drug-likeness (QED) is 0.361. The van der Waals surface area contributed by atoms with Crippen molar-refractivity contribution in [2.24, 2.45) is 0 Å². The lowest BCUT2D eigenvalue weighted by atomic mass is 10.00. The summed E-state index contributed by atoms with van der Waals surface area (Å²) in [6, 6.07) is 14.9. The zero-order valence-electron chi connectivity index (χ0n) is 17.2. The highest BCUT2D eigenvalue weighted by molar-refractivity contribution is 6.09. The fraction of sp³-hybridized carbons (Fsp3) is 0.261. The van der Waals surface area contributed by atoms with Crippen LogP contribution in [0.15, 0.2) is 48.5 Å². The summed E-state index contributed by atoms with van der Waals surface area (Å²) in [6.45, 7) is 2.97. The van der Waals surface area contributed by atoms with E-state index >= 15 is 0 Å². The number of aliphatic hydroxyl groups is 1. The van der Waals surface area contributed by atoms with Crippen LogP contribution in [0.1, 0.15) is 42.7 Å². The largest absolute Gasteiger partial charge is 0.465 e. The molecule has 0 aliphatic heterocycles. The number of nitrogens with two attached hydrogens (primary N) is 1. The van der Waals surface area contributed by atoms with Crippen molar-refractivity contribution in [2.45, 2.75) is 39.0 Å². The fourth-order valence-electron chi connectivity index (χ4n) is 3.79. The molecule has 0 fully saturated rings. The third-order valence-corrected chi connectivity index (χ3v) is 5.37. The second-order valence-electron chi connectivity index (χ2n) is 7.50. The van der Waals surface area contributed by atoms with Crippen LogP contribution in [-0.2, 0) is 13.1 Å². The lowest BCUT2D eigenvalue weighted by Crippen LogP contribution is -2.19. The maximum Gasteiger partial charge on any atom is 0.404 e. The summed E-state index contributed by atoms with van der Waals surface area (Å²) in [5, 5.41) is 28.9. The number of aliphatic hydroxyl groups excluding tert-OH is 1. The molecule has 1 atom stereocenters. The second kappa shape index (κ2) is 8.61. The van der Waals surface area contributed by atoms with Crippen LogP contribution >= 0.6 is 0 Å². The van der Waals surface area contributed by atoms with Crippen molar-refractivity contribution < 1.29 is 15.0 Å². The van der Waals surface area contributed by atoms with Gasteiger partial charge in [-0.25, -0.2) is 9.78 Å². The van der Waals surface area contributed by atoms with Gasteiger partial charge >= 0.3 is 6.09 Å². The van der Waals surface area contributed by atoms with Crippen LogP contribution in [0, 0.1) is 0 Å². The first-order chi connectivity index (χ1) is 15.0. The van der Waals surface area contributed by atoms with E-state index in [-0.39, 0.29) is 6.54 Å². The van der Waals surface area contributed by atoms with Crippen LogP contribution in [0.25, 0.3) is 21.8 Å². The number of fused-ring (bicyclic) bond motifs is 3. The molecule has 2 heterocycles. The monoisotopic (exact) mass is 419 g/mol. The van der Waals surface area contributed by atoms with E-state index < -0.39 is 12.2 Å². The van der Waals surface area contributed by atoms with E-state index in [0.717, 1.165) is 34.7 Å². The Morgan fingerprint density at radius 1 is 1.19 bits per heavy atom. The molecule has 0 spiro atoms. The number of aromatic nitrogens is 3. The van der Waals surface area contributed by atoms with Gasteiger partial charge in [-0.1, -0.05) is 55.8 Å². The Kier molecular flexibility index (Phi) is 5.73. The third-order valence-electron chi connectivity index (χ3n) is 5.37. The number of nitrogens with one attached hydrogen (secondary N) is 1. The first kappa shape index (κ1) is 20.6. The minimum absolute atomic E-state index is 0.204. The van der Waals surface area contributed by atoms with E-state index in [1.54, 1.807) is 24.3 Å². The number of carboxylic acid groups (broad SMARTS) is 1. The number of anilines is 1. The van der Waals surface area contributed by atoms with E-state index in [0.29, 0.717) is 29.1 Å². The molecule has 8 nitrogen and oxygen atoms in total. The molecule has 0 bridgehead atoms. The number of carbonyl (C=O) groups is 1. The number of unbranched alkanes of at least 4 members (excludes halogenated alkanes) is 1. The van der Waals surface area contributed by atoms with Crippen molar-refractivity contribution in [3.63, 3.8) is 0 Å². The molecule has 2 aromatic carbocycles. The fourth-order valence-corrected chi connectivity index (χ4v) is 3.79. The number of nitrogens with zero attached hydrogens (tertiary/aromatic N) is 3. The number of nitrogen functional groups attached to an aromatic ring is 1. The van der Waals surface area contributed by atoms with Gasteiger partial charge in [-0.15, -0.1) is 0 Å². The van der Waals surface area contributed by atoms with Gasteiger partial charge in [0.1, 0.15) is 11.6 Å². The first-order valence-corrected chi connectivity index (χ1v) is 10.3. The van der Waals surface area contributed by atoms with Crippen LogP contribution in [0.5, 0.6) is 0 Å². The van der Waals surface area contributed by atoms with Gasteiger partial charge in [0.05, 0.1) is 11.2 Å². The van der Waals surface area contributed by atoms with Crippen LogP contribution in [0.2, 0.25) is 0 Å². The predicted molar refractivity (Wildman–Crippen MR) is 120 cm³/mol. The average Bonchev–Trinajstić information content (AvgIpc) is 3.16. The normalized spacial score (nSPS) is 12.3. The zero-order chi connectivity index (χ0) is 22.0. The van der Waals surface area contributed by atoms with Gasteiger partial charge in [0.25, 0.3) is 0 Å². The van der Waals surface area contributed by atoms with Gasteiger partial charge in [-0.05, 0) is 23.6 Å². The van der Waals surface area contributed by atoms with Crippen molar-refractivity contribution in [1.82, 2.24) is 20.1 Å². The molecule has 1 unspecified atom stereocenters. The number of para-hydroxylation sites is 1. The van der Waals surface area contributed by atoms with Gasteiger partial charge < -0.3 is 21.3 Å². The summed E-state index contributed by atoms with van der Waals surface area (Å²) in [4.78, 5) is 15.2. The van der Waals surface area contributed by atoms with Gasteiger partial charge in [0, 0.05) is 23.9 Å². The molecule has 0 aliphatic rings. The summed E-state index contributed by atoms with van der Waals surface area (Å²) in [7, 11) is 0. The van der Waals surface area contributed by atoms with Crippen LogP contribution in [0.4, 0.5) is 10.6 Å². The maximum absolute atomic E-state index is 11.4. The molecule has 0 saturated carbocycles. The van der Waals surface area contributed by atoms with Crippen LogP contribution in [-0.4, -0.2) is 31.1 Å². The van der Waals surface area contributed by atoms with E-state index in [2.05, 4.69) is 17.2 Å². The molecular weight excluding hydrogens is 394 g/mol. The molecule has 31 heavy (non-hydrogen) atoms. The Bertz CT molecular complexity index is 1230. The van der Waals surface area contributed by atoms with Gasteiger partial charge in [0.15, 0.2) is 5.82 Å². The molecule has 0 saturated heterocycles. The first-order valence-electron chi connectivity index (χ1n) is 10.3. The topological polar surface area (TPSA) is 126 Å². The molecule has 160 valence electrons. The van der Waals surface area contributed by atoms with E-state index in [9.17, 15) is 9.90 Å². The van der Waals surface area contributed by atoms with E-state index in [4.69, 9.17) is 15.9 Å². The molecule has 0 aliphatic carbocycles. The summed E-state index contributed by atoms with van der Waals surface area (Å²) in [5.41, 5.74) is 9.76. The molecular formula is C23H25N5O3.